The van der Waals surface area contributed by atoms with Crippen molar-refractivity contribution in [2.45, 2.75) is 0 Å². The summed E-state index contributed by atoms with van der Waals surface area (Å²) in [6, 6.07) is 7.25. The van der Waals surface area contributed by atoms with Crippen LogP contribution >= 0.6 is 0 Å². The third-order valence-corrected chi connectivity index (χ3v) is 2.32. The van der Waals surface area contributed by atoms with Crippen LogP contribution in [0.5, 0.6) is 0 Å². The second kappa shape index (κ2) is 3.77. The Labute approximate surface area is 92.7 Å². The van der Waals surface area contributed by atoms with E-state index in [1.807, 2.05) is 18.2 Å². The zero-order valence-corrected chi connectivity index (χ0v) is 8.73. The van der Waals surface area contributed by atoms with Gasteiger partial charge in [-0.25, -0.2) is 5.43 Å². The molecule has 81 valence electrons. The van der Waals surface area contributed by atoms with E-state index < -0.39 is 5.91 Å². The van der Waals surface area contributed by atoms with Gasteiger partial charge in [-0.3, -0.25) is 9.59 Å². The van der Waals surface area contributed by atoms with Crippen LogP contribution < -0.4 is 10.3 Å². The molecule has 1 N–H and O–H groups in total. The van der Waals surface area contributed by atoms with Crippen molar-refractivity contribution in [3.8, 4) is 0 Å². The Bertz CT molecular complexity index is 494. The van der Waals surface area contributed by atoms with E-state index in [2.05, 4.69) is 17.5 Å². The zero-order chi connectivity index (χ0) is 11.7. The van der Waals surface area contributed by atoms with Crippen molar-refractivity contribution in [3.05, 3.63) is 36.8 Å². The first kappa shape index (κ1) is 10.4. The maximum atomic E-state index is 11.8. The molecule has 0 spiro atoms. The molecule has 5 heteroatoms. The summed E-state index contributed by atoms with van der Waals surface area (Å²) in [4.78, 5) is 23.9. The molecule has 0 fully saturated rings. The SMILES string of the molecule is [CH2]C(=O)NN=C1C(=O)N(C)c2ccccc21. The van der Waals surface area contributed by atoms with E-state index in [-0.39, 0.29) is 11.6 Å². The lowest BCUT2D eigenvalue weighted by molar-refractivity contribution is -0.116. The second-order valence-corrected chi connectivity index (χ2v) is 3.38. The van der Waals surface area contributed by atoms with Crippen molar-refractivity contribution < 1.29 is 9.59 Å². The number of anilines is 1. The molecule has 0 bridgehead atoms. The fourth-order valence-electron chi connectivity index (χ4n) is 1.58. The van der Waals surface area contributed by atoms with Crippen molar-refractivity contribution in [2.75, 3.05) is 11.9 Å². The van der Waals surface area contributed by atoms with E-state index in [1.165, 1.54) is 4.90 Å². The van der Waals surface area contributed by atoms with E-state index in [9.17, 15) is 9.59 Å². The number of hydrazone groups is 1. The fourth-order valence-corrected chi connectivity index (χ4v) is 1.58. The van der Waals surface area contributed by atoms with Crippen LogP contribution in [-0.4, -0.2) is 24.6 Å². The average Bonchev–Trinajstić information content (AvgIpc) is 2.50. The molecule has 1 aromatic rings. The number of amides is 2. The van der Waals surface area contributed by atoms with Crippen molar-refractivity contribution in [2.24, 2.45) is 5.10 Å². The third-order valence-electron chi connectivity index (χ3n) is 2.32. The lowest BCUT2D eigenvalue weighted by Crippen LogP contribution is -2.27. The second-order valence-electron chi connectivity index (χ2n) is 3.38. The van der Waals surface area contributed by atoms with Gasteiger partial charge in [0.2, 0.25) is 5.91 Å². The largest absolute Gasteiger partial charge is 0.309 e. The molecule has 16 heavy (non-hydrogen) atoms. The van der Waals surface area contributed by atoms with Gasteiger partial charge in [0.05, 0.1) is 5.69 Å². The van der Waals surface area contributed by atoms with Gasteiger partial charge in [0.15, 0.2) is 5.71 Å². The normalized spacial score (nSPS) is 16.5. The minimum absolute atomic E-state index is 0.232. The Morgan fingerprint density at radius 2 is 2.12 bits per heavy atom. The number of nitrogens with one attached hydrogen (secondary N) is 1. The number of hydrogen-bond acceptors (Lipinski definition) is 3. The number of fused-ring (bicyclic) bond motifs is 1. The Kier molecular flexibility index (Phi) is 2.44. The molecule has 0 atom stereocenters. The van der Waals surface area contributed by atoms with Crippen LogP contribution in [0.1, 0.15) is 5.56 Å². The van der Waals surface area contributed by atoms with Crippen molar-refractivity contribution in [1.29, 1.82) is 0 Å². The summed E-state index contributed by atoms with van der Waals surface area (Å²) in [7, 11) is 1.66. The molecule has 0 saturated heterocycles. The molecule has 1 aliphatic heterocycles. The van der Waals surface area contributed by atoms with Crippen molar-refractivity contribution in [1.82, 2.24) is 5.43 Å². The molecule has 2 rings (SSSR count). The molecule has 1 heterocycles. The van der Waals surface area contributed by atoms with Gasteiger partial charge >= 0.3 is 0 Å². The Morgan fingerprint density at radius 3 is 2.81 bits per heavy atom. The standard InChI is InChI=1S/C11H10N3O2/c1-7(15)12-13-10-8-5-3-4-6-9(8)14(2)11(10)16/h3-6H,1H2,2H3,(H,12,15). The van der Waals surface area contributed by atoms with Gasteiger partial charge < -0.3 is 4.90 Å². The highest BCUT2D eigenvalue weighted by molar-refractivity contribution is 6.54. The van der Waals surface area contributed by atoms with E-state index in [0.29, 0.717) is 5.56 Å². The highest BCUT2D eigenvalue weighted by Crippen LogP contribution is 2.27. The van der Waals surface area contributed by atoms with E-state index in [4.69, 9.17) is 0 Å². The third kappa shape index (κ3) is 1.56. The molecule has 1 aliphatic rings. The summed E-state index contributed by atoms with van der Waals surface area (Å²) in [5.74, 6) is -0.790. The van der Waals surface area contributed by atoms with Crippen LogP contribution in [0.3, 0.4) is 0 Å². The smallest absolute Gasteiger partial charge is 0.279 e. The van der Waals surface area contributed by atoms with Crippen LogP contribution in [0.2, 0.25) is 0 Å². The van der Waals surface area contributed by atoms with Crippen LogP contribution in [-0.2, 0) is 9.59 Å². The van der Waals surface area contributed by atoms with E-state index in [1.54, 1.807) is 13.1 Å². The van der Waals surface area contributed by atoms with Gasteiger partial charge in [-0.05, 0) is 6.07 Å². The quantitative estimate of drug-likeness (QED) is 0.687. The van der Waals surface area contributed by atoms with Gasteiger partial charge in [0, 0.05) is 19.5 Å². The Hall–Kier alpha value is -2.17. The fraction of sp³-hybridized carbons (Fsp3) is 0.0909. The summed E-state index contributed by atoms with van der Waals surface area (Å²) in [5.41, 5.74) is 3.90. The topological polar surface area (TPSA) is 61.8 Å². The number of rotatable bonds is 1. The highest BCUT2D eigenvalue weighted by atomic mass is 16.2. The summed E-state index contributed by atoms with van der Waals surface area (Å²) >= 11 is 0. The molecule has 0 saturated carbocycles. The van der Waals surface area contributed by atoms with Crippen LogP contribution in [0, 0.1) is 6.92 Å². The Balaban J connectivity index is 2.45. The minimum Gasteiger partial charge on any atom is -0.309 e. The van der Waals surface area contributed by atoms with Gasteiger partial charge in [-0.15, -0.1) is 0 Å². The molecular formula is C11H10N3O2. The molecule has 1 radical (unpaired) electrons. The van der Waals surface area contributed by atoms with E-state index >= 15 is 0 Å². The van der Waals surface area contributed by atoms with E-state index in [0.717, 1.165) is 5.69 Å². The monoisotopic (exact) mass is 216 g/mol. The molecule has 0 aliphatic carbocycles. The van der Waals surface area contributed by atoms with Gasteiger partial charge in [-0.1, -0.05) is 18.2 Å². The lowest BCUT2D eigenvalue weighted by Gasteiger charge is -2.07. The summed E-state index contributed by atoms with van der Waals surface area (Å²) in [5, 5.41) is 3.76. The van der Waals surface area contributed by atoms with Gasteiger partial charge in [0.25, 0.3) is 5.91 Å². The number of carbonyl (C=O) groups is 2. The van der Waals surface area contributed by atoms with Gasteiger partial charge in [-0.2, -0.15) is 5.10 Å². The number of para-hydroxylation sites is 1. The number of carbonyl (C=O) groups excluding carboxylic acids is 2. The molecule has 5 nitrogen and oxygen atoms in total. The van der Waals surface area contributed by atoms with Crippen molar-refractivity contribution in [3.63, 3.8) is 0 Å². The number of hydrogen-bond donors (Lipinski definition) is 1. The van der Waals surface area contributed by atoms with Crippen LogP contribution in [0.15, 0.2) is 29.4 Å². The summed E-state index contributed by atoms with van der Waals surface area (Å²) in [6.07, 6.45) is 0. The number of nitrogens with zero attached hydrogens (tertiary/aromatic N) is 2. The zero-order valence-electron chi connectivity index (χ0n) is 8.73. The van der Waals surface area contributed by atoms with Crippen LogP contribution in [0.25, 0.3) is 0 Å². The first-order chi connectivity index (χ1) is 7.61. The maximum absolute atomic E-state index is 11.8. The van der Waals surface area contributed by atoms with Gasteiger partial charge in [0.1, 0.15) is 0 Å². The number of likely N-dealkylation sites (N-methyl/N-ethyl adjacent to an activating group) is 1. The molecular weight excluding hydrogens is 206 g/mol. The lowest BCUT2D eigenvalue weighted by atomic mass is 10.1. The molecule has 0 aromatic heterocycles. The summed E-state index contributed by atoms with van der Waals surface area (Å²) in [6.45, 7) is 3.12. The first-order valence-electron chi connectivity index (χ1n) is 4.68. The summed E-state index contributed by atoms with van der Waals surface area (Å²) < 4.78 is 0. The predicted molar refractivity (Wildman–Crippen MR) is 59.9 cm³/mol. The van der Waals surface area contributed by atoms with Crippen LogP contribution in [0.4, 0.5) is 5.69 Å². The first-order valence-corrected chi connectivity index (χ1v) is 4.68. The highest BCUT2D eigenvalue weighted by Gasteiger charge is 2.31. The number of benzene rings is 1. The van der Waals surface area contributed by atoms with Crippen molar-refractivity contribution >= 4 is 23.2 Å². The molecule has 0 unspecified atom stereocenters. The predicted octanol–water partition coefficient (Wildman–Crippen LogP) is 0.317. The average molecular weight is 216 g/mol. The maximum Gasteiger partial charge on any atom is 0.279 e. The minimum atomic E-state index is -0.549. The Morgan fingerprint density at radius 1 is 1.44 bits per heavy atom. The molecule has 1 aromatic carbocycles. The molecule has 2 amide bonds.